The number of nitro groups is 1. The maximum atomic E-state index is 11.0. The van der Waals surface area contributed by atoms with Crippen molar-refractivity contribution in [3.8, 4) is 5.75 Å². The van der Waals surface area contributed by atoms with Gasteiger partial charge in [-0.3, -0.25) is 10.1 Å². The molecule has 0 spiro atoms. The van der Waals surface area contributed by atoms with Crippen molar-refractivity contribution in [2.75, 3.05) is 19.0 Å². The second-order valence-electron chi connectivity index (χ2n) is 4.64. The molecule has 0 amide bonds. The number of rotatable bonds is 6. The van der Waals surface area contributed by atoms with E-state index in [0.29, 0.717) is 12.3 Å². The van der Waals surface area contributed by atoms with Gasteiger partial charge in [0.25, 0.3) is 5.69 Å². The van der Waals surface area contributed by atoms with Gasteiger partial charge >= 0.3 is 0 Å². The van der Waals surface area contributed by atoms with Crippen LogP contribution in [0.3, 0.4) is 0 Å². The zero-order valence-electron chi connectivity index (χ0n) is 11.4. The smallest absolute Gasteiger partial charge is 0.296 e. The van der Waals surface area contributed by atoms with Crippen molar-refractivity contribution in [1.29, 1.82) is 0 Å². The number of methoxy groups -OCH3 is 1. The van der Waals surface area contributed by atoms with Crippen LogP contribution in [-0.4, -0.2) is 42.0 Å². The maximum absolute atomic E-state index is 11.0. The standard InChI is InChI=1S/C13H18N2O5/c1-3-20-12-7-10(13(12)19-2)14-9-5-4-8(16)6-11(9)15(17)18/h4-6,10,12-14,16H,3,7H2,1-2H3. The van der Waals surface area contributed by atoms with E-state index in [1.807, 2.05) is 6.92 Å². The van der Waals surface area contributed by atoms with Crippen LogP contribution in [0.2, 0.25) is 0 Å². The molecular formula is C13H18N2O5. The quantitative estimate of drug-likeness (QED) is 0.470. The SMILES string of the molecule is CCOC1CC(Nc2ccc(O)cc2[N+](=O)[O-])C1OC. The average Bonchev–Trinajstić information content (AvgIpc) is 2.39. The Labute approximate surface area is 116 Å². The van der Waals surface area contributed by atoms with Gasteiger partial charge in [0.2, 0.25) is 0 Å². The molecule has 3 atom stereocenters. The van der Waals surface area contributed by atoms with Crippen LogP contribution in [0.1, 0.15) is 13.3 Å². The van der Waals surface area contributed by atoms with Crippen LogP contribution >= 0.6 is 0 Å². The number of phenols is 1. The van der Waals surface area contributed by atoms with E-state index in [9.17, 15) is 15.2 Å². The highest BCUT2D eigenvalue weighted by Crippen LogP contribution is 2.34. The Morgan fingerprint density at radius 1 is 1.55 bits per heavy atom. The second kappa shape index (κ2) is 6.06. The van der Waals surface area contributed by atoms with Crippen LogP contribution in [0.4, 0.5) is 11.4 Å². The van der Waals surface area contributed by atoms with Crippen molar-refractivity contribution in [3.05, 3.63) is 28.3 Å². The topological polar surface area (TPSA) is 93.9 Å². The molecule has 3 unspecified atom stereocenters. The molecule has 2 rings (SSSR count). The highest BCUT2D eigenvalue weighted by Gasteiger charge is 2.42. The number of nitrogens with one attached hydrogen (secondary N) is 1. The summed E-state index contributed by atoms with van der Waals surface area (Å²) in [7, 11) is 1.59. The lowest BCUT2D eigenvalue weighted by atomic mass is 9.85. The van der Waals surface area contributed by atoms with E-state index >= 15 is 0 Å². The number of ether oxygens (including phenoxy) is 2. The number of nitro benzene ring substituents is 1. The summed E-state index contributed by atoms with van der Waals surface area (Å²) < 4.78 is 10.9. The molecule has 1 fully saturated rings. The molecule has 2 N–H and O–H groups in total. The van der Waals surface area contributed by atoms with E-state index in [1.165, 1.54) is 12.1 Å². The van der Waals surface area contributed by atoms with Crippen molar-refractivity contribution in [1.82, 2.24) is 0 Å². The Bertz CT molecular complexity index is 494. The van der Waals surface area contributed by atoms with Crippen molar-refractivity contribution in [2.45, 2.75) is 31.6 Å². The molecule has 1 aromatic rings. The molecule has 1 aliphatic carbocycles. The molecule has 20 heavy (non-hydrogen) atoms. The molecule has 1 aliphatic rings. The molecule has 0 radical (unpaired) electrons. The number of aromatic hydroxyl groups is 1. The number of benzene rings is 1. The first-order valence-corrected chi connectivity index (χ1v) is 6.45. The van der Waals surface area contributed by atoms with E-state index < -0.39 is 4.92 Å². The van der Waals surface area contributed by atoms with Crippen molar-refractivity contribution in [3.63, 3.8) is 0 Å². The van der Waals surface area contributed by atoms with E-state index in [4.69, 9.17) is 9.47 Å². The highest BCUT2D eigenvalue weighted by molar-refractivity contribution is 5.64. The number of phenolic OH excluding ortho intramolecular Hbond substituents is 1. The Morgan fingerprint density at radius 3 is 2.90 bits per heavy atom. The second-order valence-corrected chi connectivity index (χ2v) is 4.64. The van der Waals surface area contributed by atoms with Gasteiger partial charge in [-0.05, 0) is 25.5 Å². The van der Waals surface area contributed by atoms with E-state index in [2.05, 4.69) is 5.32 Å². The molecule has 0 heterocycles. The van der Waals surface area contributed by atoms with Crippen molar-refractivity contribution < 1.29 is 19.5 Å². The fraction of sp³-hybridized carbons (Fsp3) is 0.538. The zero-order valence-corrected chi connectivity index (χ0v) is 11.4. The molecule has 7 nitrogen and oxygen atoms in total. The minimum absolute atomic E-state index is 0.0127. The first-order chi connectivity index (χ1) is 9.56. The maximum Gasteiger partial charge on any atom is 0.296 e. The van der Waals surface area contributed by atoms with Gasteiger partial charge in [0.15, 0.2) is 0 Å². The van der Waals surface area contributed by atoms with Gasteiger partial charge in [0.1, 0.15) is 17.5 Å². The molecule has 0 aromatic heterocycles. The van der Waals surface area contributed by atoms with E-state index in [0.717, 1.165) is 12.5 Å². The third kappa shape index (κ3) is 2.83. The lowest BCUT2D eigenvalue weighted by Crippen LogP contribution is -2.56. The van der Waals surface area contributed by atoms with Gasteiger partial charge in [0, 0.05) is 13.7 Å². The number of hydrogen-bond acceptors (Lipinski definition) is 6. The van der Waals surface area contributed by atoms with Crippen LogP contribution in [0, 0.1) is 10.1 Å². The minimum atomic E-state index is -0.525. The first-order valence-electron chi connectivity index (χ1n) is 6.45. The lowest BCUT2D eigenvalue weighted by Gasteiger charge is -2.43. The van der Waals surface area contributed by atoms with Gasteiger partial charge < -0.3 is 19.9 Å². The molecule has 0 bridgehead atoms. The molecule has 1 saturated carbocycles. The summed E-state index contributed by atoms with van der Waals surface area (Å²) in [5.41, 5.74) is 0.217. The Kier molecular flexibility index (Phi) is 4.41. The lowest BCUT2D eigenvalue weighted by molar-refractivity contribution is -0.384. The summed E-state index contributed by atoms with van der Waals surface area (Å²) in [6.07, 6.45) is 0.603. The molecule has 110 valence electrons. The van der Waals surface area contributed by atoms with Crippen molar-refractivity contribution >= 4 is 11.4 Å². The van der Waals surface area contributed by atoms with Gasteiger partial charge in [-0.25, -0.2) is 0 Å². The zero-order chi connectivity index (χ0) is 14.7. The summed E-state index contributed by atoms with van der Waals surface area (Å²) in [6, 6.07) is 3.99. The molecule has 1 aromatic carbocycles. The van der Waals surface area contributed by atoms with Crippen molar-refractivity contribution in [2.24, 2.45) is 0 Å². The highest BCUT2D eigenvalue weighted by atomic mass is 16.6. The van der Waals surface area contributed by atoms with E-state index in [-0.39, 0.29) is 29.7 Å². The fourth-order valence-electron chi connectivity index (χ4n) is 2.41. The summed E-state index contributed by atoms with van der Waals surface area (Å²) in [5.74, 6) is -0.133. The van der Waals surface area contributed by atoms with Crippen LogP contribution in [0.5, 0.6) is 5.75 Å². The van der Waals surface area contributed by atoms with Gasteiger partial charge in [-0.15, -0.1) is 0 Å². The summed E-state index contributed by atoms with van der Waals surface area (Å²) >= 11 is 0. The van der Waals surface area contributed by atoms with Gasteiger partial charge in [0.05, 0.1) is 23.1 Å². The number of nitrogens with zero attached hydrogens (tertiary/aromatic N) is 1. The monoisotopic (exact) mass is 282 g/mol. The Balaban J connectivity index is 2.09. The molecule has 0 saturated heterocycles. The van der Waals surface area contributed by atoms with Gasteiger partial charge in [-0.2, -0.15) is 0 Å². The number of hydrogen-bond donors (Lipinski definition) is 2. The Morgan fingerprint density at radius 2 is 2.30 bits per heavy atom. The van der Waals surface area contributed by atoms with Crippen LogP contribution in [0.15, 0.2) is 18.2 Å². The molecular weight excluding hydrogens is 264 g/mol. The van der Waals surface area contributed by atoms with Gasteiger partial charge in [-0.1, -0.05) is 0 Å². The first kappa shape index (κ1) is 14.5. The van der Waals surface area contributed by atoms with Crippen LogP contribution in [-0.2, 0) is 9.47 Å². The number of anilines is 1. The third-order valence-electron chi connectivity index (χ3n) is 3.42. The summed E-state index contributed by atoms with van der Waals surface area (Å²) in [6.45, 7) is 2.52. The molecule has 0 aliphatic heterocycles. The normalized spacial score (nSPS) is 25.0. The fourth-order valence-corrected chi connectivity index (χ4v) is 2.41. The minimum Gasteiger partial charge on any atom is -0.508 e. The van der Waals surface area contributed by atoms with Crippen LogP contribution in [0.25, 0.3) is 0 Å². The third-order valence-corrected chi connectivity index (χ3v) is 3.42. The molecule has 7 heteroatoms. The predicted octanol–water partition coefficient (Wildman–Crippen LogP) is 1.90. The predicted molar refractivity (Wildman–Crippen MR) is 73.0 cm³/mol. The largest absolute Gasteiger partial charge is 0.508 e. The van der Waals surface area contributed by atoms with E-state index in [1.54, 1.807) is 7.11 Å². The average molecular weight is 282 g/mol. The summed E-state index contributed by atoms with van der Waals surface area (Å²) in [4.78, 5) is 10.5. The van der Waals surface area contributed by atoms with Crippen LogP contribution < -0.4 is 5.32 Å². The summed E-state index contributed by atoms with van der Waals surface area (Å²) in [5, 5.41) is 23.4. The Hall–Kier alpha value is -1.86.